The van der Waals surface area contributed by atoms with Crippen molar-refractivity contribution in [1.82, 2.24) is 34.6 Å². The van der Waals surface area contributed by atoms with Crippen LogP contribution in [0.25, 0.3) is 11.2 Å². The van der Waals surface area contributed by atoms with Gasteiger partial charge >= 0.3 is 11.9 Å². The van der Waals surface area contributed by atoms with Gasteiger partial charge in [-0.3, -0.25) is 23.5 Å². The molecule has 0 radical (unpaired) electrons. The molecular formula is C27H42ClN8O9P. The lowest BCUT2D eigenvalue weighted by atomic mass is 10.1. The molecule has 2 aromatic rings. The monoisotopic (exact) mass is 688 g/mol. The van der Waals surface area contributed by atoms with E-state index in [2.05, 4.69) is 30.4 Å². The van der Waals surface area contributed by atoms with Crippen LogP contribution in [0.15, 0.2) is 6.33 Å². The maximum Gasteiger partial charge on any atom is 0.323 e. The summed E-state index contributed by atoms with van der Waals surface area (Å²) in [7, 11) is -2.66. The summed E-state index contributed by atoms with van der Waals surface area (Å²) in [6, 6.07) is -2.24. The number of amides is 1. The number of anilines is 1. The van der Waals surface area contributed by atoms with E-state index in [4.69, 9.17) is 21.1 Å². The van der Waals surface area contributed by atoms with Gasteiger partial charge in [-0.15, -0.1) is 0 Å². The van der Waals surface area contributed by atoms with Crippen molar-refractivity contribution in [2.24, 2.45) is 0 Å². The van der Waals surface area contributed by atoms with Gasteiger partial charge in [0.25, 0.3) is 0 Å². The Morgan fingerprint density at radius 2 is 1.78 bits per heavy atom. The number of carbonyl (C=O) groups excluding carboxylic acids is 2. The maximum absolute atomic E-state index is 13.8. The van der Waals surface area contributed by atoms with Crippen molar-refractivity contribution in [2.75, 3.05) is 25.1 Å². The van der Waals surface area contributed by atoms with E-state index in [9.17, 15) is 34.3 Å². The predicted molar refractivity (Wildman–Crippen MR) is 166 cm³/mol. The number of aromatic nitrogens is 4. The van der Waals surface area contributed by atoms with E-state index in [1.807, 2.05) is 0 Å². The third kappa shape index (κ3) is 8.51. The van der Waals surface area contributed by atoms with Crippen molar-refractivity contribution in [3.8, 4) is 0 Å². The number of carbonyl (C=O) groups is 3. The summed E-state index contributed by atoms with van der Waals surface area (Å²) in [5.41, 5.74) is 0.688. The Morgan fingerprint density at radius 1 is 1.13 bits per heavy atom. The molecule has 1 aliphatic carbocycles. The van der Waals surface area contributed by atoms with Crippen molar-refractivity contribution < 1.29 is 43.7 Å². The fourth-order valence-corrected chi connectivity index (χ4v) is 7.94. The number of aliphatic carboxylic acids is 1. The molecule has 1 amide bonds. The molecule has 2 fully saturated rings. The Morgan fingerprint density at radius 3 is 2.41 bits per heavy atom. The molecule has 0 unspecified atom stereocenters. The van der Waals surface area contributed by atoms with E-state index in [1.165, 1.54) is 31.8 Å². The van der Waals surface area contributed by atoms with Crippen LogP contribution in [0.3, 0.4) is 0 Å². The van der Waals surface area contributed by atoms with Gasteiger partial charge in [0.2, 0.25) is 18.6 Å². The number of hydrogen-bond donors (Lipinski definition) is 6. The number of halogens is 1. The highest BCUT2D eigenvalue weighted by Gasteiger charge is 2.45. The molecule has 0 bridgehead atoms. The second-order valence-electron chi connectivity index (χ2n) is 12.0. The number of imidazole rings is 1. The average Bonchev–Trinajstić information content (AvgIpc) is 3.69. The Kier molecular flexibility index (Phi) is 11.6. The number of aliphatic hydroxyl groups excluding tert-OH is 2. The van der Waals surface area contributed by atoms with Crippen molar-refractivity contribution in [3.05, 3.63) is 11.6 Å². The topological polar surface area (TPSA) is 230 Å². The zero-order valence-electron chi connectivity index (χ0n) is 26.3. The highest BCUT2D eigenvalue weighted by molar-refractivity contribution is 7.60. The van der Waals surface area contributed by atoms with Gasteiger partial charge < -0.3 is 35.0 Å². The normalized spacial score (nSPS) is 24.5. The summed E-state index contributed by atoms with van der Waals surface area (Å²) in [5.74, 6) is -2.31. The molecule has 1 aliphatic heterocycles. The van der Waals surface area contributed by atoms with E-state index in [1.54, 1.807) is 13.8 Å². The number of carboxylic acid groups (broad SMARTS) is 1. The van der Waals surface area contributed by atoms with Crippen molar-refractivity contribution in [2.45, 2.75) is 102 Å². The average molecular weight is 689 g/mol. The van der Waals surface area contributed by atoms with Gasteiger partial charge in [0, 0.05) is 19.6 Å². The standard InChI is InChI=1S/C27H42ClN8O9P/c1-13(2)44-26(42)15(4)34-46(43,33-14(3)25(40)41)11-18(37)35(5)10-17-20(38)21(39)24(45-17)36-12-29-19-22(30-16-8-6-7-9-16)31-27(28)32-23(19)36/h12-17,20-21,24,38-39H,6-11H2,1-5H3,(H,40,41)(H,30,31,32)(H2,33,34,43)/t14-,15-,17+,20+,21+,24+,46-/m0/s1. The number of rotatable bonds is 14. The molecule has 0 aromatic carbocycles. The van der Waals surface area contributed by atoms with Crippen molar-refractivity contribution in [3.63, 3.8) is 0 Å². The second-order valence-corrected chi connectivity index (χ2v) is 14.7. The quantitative estimate of drug-likeness (QED) is 0.0927. The molecule has 256 valence electrons. The van der Waals surface area contributed by atoms with Crippen LogP contribution in [-0.4, -0.2) is 120 Å². The highest BCUT2D eigenvalue weighted by Crippen LogP contribution is 2.39. The maximum atomic E-state index is 13.8. The van der Waals surface area contributed by atoms with E-state index in [0.717, 1.165) is 30.6 Å². The summed E-state index contributed by atoms with van der Waals surface area (Å²) in [6.07, 6.45) is -0.700. The predicted octanol–water partition coefficient (Wildman–Crippen LogP) is 1.10. The SMILES string of the molecule is CC(C)OC(=O)[C@H](C)N[P@](=O)(CC(=O)N(C)C[C@H]1O[C@@H](n2cnc3c(NC4CCCC4)nc(Cl)nc32)[C@H](O)[C@@H]1O)N[C@@H](C)C(=O)O. The third-order valence-electron chi connectivity index (χ3n) is 7.82. The molecule has 0 spiro atoms. The van der Waals surface area contributed by atoms with Crippen LogP contribution >= 0.6 is 19.0 Å². The largest absolute Gasteiger partial charge is 0.480 e. The van der Waals surface area contributed by atoms with E-state index in [-0.39, 0.29) is 23.5 Å². The Labute approximate surface area is 270 Å². The zero-order chi connectivity index (χ0) is 33.9. The van der Waals surface area contributed by atoms with Gasteiger partial charge in [-0.05, 0) is 52.1 Å². The molecule has 46 heavy (non-hydrogen) atoms. The number of fused-ring (bicyclic) bond motifs is 1. The van der Waals surface area contributed by atoms with E-state index >= 15 is 0 Å². The second kappa shape index (κ2) is 14.9. The molecule has 7 atom stereocenters. The lowest BCUT2D eigenvalue weighted by Gasteiger charge is -2.28. The number of nitrogens with zero attached hydrogens (tertiary/aromatic N) is 5. The highest BCUT2D eigenvalue weighted by atomic mass is 35.5. The molecule has 17 nitrogen and oxygen atoms in total. The van der Waals surface area contributed by atoms with Crippen LogP contribution in [0.2, 0.25) is 5.28 Å². The molecule has 2 aromatic heterocycles. The first-order chi connectivity index (χ1) is 21.6. The molecular weight excluding hydrogens is 647 g/mol. The summed E-state index contributed by atoms with van der Waals surface area (Å²) in [5, 5.41) is 39.5. The van der Waals surface area contributed by atoms with Gasteiger partial charge in [-0.1, -0.05) is 12.8 Å². The summed E-state index contributed by atoms with van der Waals surface area (Å²) in [6.45, 7) is 5.67. The number of carboxylic acids is 1. The minimum absolute atomic E-state index is 0.0414. The van der Waals surface area contributed by atoms with Crippen LogP contribution in [0.1, 0.15) is 59.6 Å². The van der Waals surface area contributed by atoms with Gasteiger partial charge in [0.05, 0.1) is 12.4 Å². The minimum atomic E-state index is -4.04. The van der Waals surface area contributed by atoms with Gasteiger partial charge in [-0.25, -0.2) is 15.2 Å². The number of nitrogens with one attached hydrogen (secondary N) is 3. The first-order valence-corrected chi connectivity index (χ1v) is 17.4. The first kappa shape index (κ1) is 35.9. The molecule has 4 rings (SSSR count). The summed E-state index contributed by atoms with van der Waals surface area (Å²) in [4.78, 5) is 51.2. The fourth-order valence-electron chi connectivity index (χ4n) is 5.43. The van der Waals surface area contributed by atoms with Crippen LogP contribution in [0.4, 0.5) is 5.82 Å². The Hall–Kier alpha value is -2.92. The smallest absolute Gasteiger partial charge is 0.323 e. The van der Waals surface area contributed by atoms with Gasteiger partial charge in [0.1, 0.15) is 36.6 Å². The number of ether oxygens (including phenoxy) is 2. The van der Waals surface area contributed by atoms with Crippen LogP contribution in [0.5, 0.6) is 0 Å². The Balaban J connectivity index is 1.47. The lowest BCUT2D eigenvalue weighted by molar-refractivity contribution is -0.149. The Bertz CT molecular complexity index is 1470. The number of aliphatic hydroxyl groups is 2. The van der Waals surface area contributed by atoms with Crippen molar-refractivity contribution >= 4 is 53.9 Å². The summed E-state index contributed by atoms with van der Waals surface area (Å²) < 4.78 is 26.4. The molecule has 2 aliphatic rings. The van der Waals surface area contributed by atoms with Gasteiger partial charge in [-0.2, -0.15) is 9.97 Å². The molecule has 3 heterocycles. The fraction of sp³-hybridized carbons (Fsp3) is 0.704. The summed E-state index contributed by atoms with van der Waals surface area (Å²) >= 11 is 6.22. The molecule has 6 N–H and O–H groups in total. The van der Waals surface area contributed by atoms with Crippen molar-refractivity contribution in [1.29, 1.82) is 0 Å². The van der Waals surface area contributed by atoms with Gasteiger partial charge in [0.15, 0.2) is 23.2 Å². The lowest BCUT2D eigenvalue weighted by Crippen LogP contribution is -2.46. The number of likely N-dealkylation sites (N-methyl/N-ethyl adjacent to an activating group) is 1. The van der Waals surface area contributed by atoms with Crippen LogP contribution in [-0.2, 0) is 28.4 Å². The molecule has 1 saturated heterocycles. The molecule has 1 saturated carbocycles. The van der Waals surface area contributed by atoms with Crippen LogP contribution in [0, 0.1) is 0 Å². The van der Waals surface area contributed by atoms with Crippen LogP contribution < -0.4 is 15.5 Å². The number of hydrogen-bond acceptors (Lipinski definition) is 12. The number of esters is 1. The third-order valence-corrected chi connectivity index (χ3v) is 10.3. The van der Waals surface area contributed by atoms with E-state index in [0.29, 0.717) is 11.3 Å². The van der Waals surface area contributed by atoms with E-state index < -0.39 is 74.2 Å². The first-order valence-electron chi connectivity index (χ1n) is 15.1. The zero-order valence-corrected chi connectivity index (χ0v) is 27.9. The minimum Gasteiger partial charge on any atom is -0.480 e. The molecule has 19 heteroatoms.